The van der Waals surface area contributed by atoms with Crippen LogP contribution in [0.1, 0.15) is 33.2 Å². The van der Waals surface area contributed by atoms with Crippen LogP contribution in [0.3, 0.4) is 0 Å². The van der Waals surface area contributed by atoms with Gasteiger partial charge in [-0.15, -0.1) is 0 Å². The SMILES string of the molecule is C=CCOc1ccc(C(=O)N/N=C/c2ccc(OC(=O)c3ccc(Cl)cc3Cl)c(OCC)c2)cc1. The van der Waals surface area contributed by atoms with Crippen LogP contribution in [0.15, 0.2) is 78.4 Å². The number of carbonyl (C=O) groups excluding carboxylic acids is 2. The molecule has 0 bridgehead atoms. The van der Waals surface area contributed by atoms with Gasteiger partial charge < -0.3 is 14.2 Å². The van der Waals surface area contributed by atoms with E-state index in [4.69, 9.17) is 37.4 Å². The highest BCUT2D eigenvalue weighted by Gasteiger charge is 2.16. The molecule has 35 heavy (non-hydrogen) atoms. The molecule has 1 amide bonds. The van der Waals surface area contributed by atoms with Crippen LogP contribution < -0.4 is 19.6 Å². The predicted molar refractivity (Wildman–Crippen MR) is 136 cm³/mol. The lowest BCUT2D eigenvalue weighted by atomic mass is 10.2. The van der Waals surface area contributed by atoms with Gasteiger partial charge in [-0.2, -0.15) is 5.10 Å². The maximum Gasteiger partial charge on any atom is 0.345 e. The summed E-state index contributed by atoms with van der Waals surface area (Å²) >= 11 is 12.0. The van der Waals surface area contributed by atoms with E-state index in [1.807, 2.05) is 0 Å². The first-order chi connectivity index (χ1) is 16.9. The maximum atomic E-state index is 12.6. The topological polar surface area (TPSA) is 86.2 Å². The summed E-state index contributed by atoms with van der Waals surface area (Å²) < 4.78 is 16.5. The summed E-state index contributed by atoms with van der Waals surface area (Å²) in [5.74, 6) is 0.140. The van der Waals surface area contributed by atoms with Gasteiger partial charge >= 0.3 is 5.97 Å². The minimum atomic E-state index is -0.651. The zero-order valence-electron chi connectivity index (χ0n) is 18.8. The van der Waals surface area contributed by atoms with Gasteiger partial charge in [-0.05, 0) is 73.2 Å². The van der Waals surface area contributed by atoms with Crippen molar-refractivity contribution in [3.63, 3.8) is 0 Å². The molecule has 0 saturated heterocycles. The highest BCUT2D eigenvalue weighted by Crippen LogP contribution is 2.30. The molecular weight excluding hydrogens is 491 g/mol. The van der Waals surface area contributed by atoms with E-state index in [-0.39, 0.29) is 22.2 Å². The van der Waals surface area contributed by atoms with Gasteiger partial charge in [-0.3, -0.25) is 4.79 Å². The number of nitrogens with zero attached hydrogens (tertiary/aromatic N) is 1. The van der Waals surface area contributed by atoms with Crippen LogP contribution in [0.25, 0.3) is 0 Å². The molecule has 3 aromatic carbocycles. The molecule has 180 valence electrons. The van der Waals surface area contributed by atoms with Crippen molar-refractivity contribution in [3.8, 4) is 17.2 Å². The number of benzene rings is 3. The van der Waals surface area contributed by atoms with Crippen LogP contribution in [-0.4, -0.2) is 31.3 Å². The minimum Gasteiger partial charge on any atom is -0.490 e. The summed E-state index contributed by atoms with van der Waals surface area (Å²) in [7, 11) is 0. The Morgan fingerprint density at radius 3 is 2.46 bits per heavy atom. The largest absolute Gasteiger partial charge is 0.490 e. The van der Waals surface area contributed by atoms with Crippen molar-refractivity contribution in [3.05, 3.63) is 100 Å². The van der Waals surface area contributed by atoms with Gasteiger partial charge in [0.1, 0.15) is 12.4 Å². The molecule has 9 heteroatoms. The Hall–Kier alpha value is -3.81. The second-order valence-electron chi connectivity index (χ2n) is 6.98. The number of rotatable bonds is 10. The molecule has 0 aliphatic carbocycles. The number of ether oxygens (including phenoxy) is 3. The zero-order valence-corrected chi connectivity index (χ0v) is 20.3. The molecule has 0 saturated carbocycles. The Morgan fingerprint density at radius 1 is 1.00 bits per heavy atom. The number of hydrazone groups is 1. The molecular formula is C26H22Cl2N2O5. The fourth-order valence-corrected chi connectivity index (χ4v) is 3.34. The van der Waals surface area contributed by atoms with Crippen LogP contribution in [0.2, 0.25) is 10.0 Å². The third-order valence-corrected chi connectivity index (χ3v) is 5.03. The molecule has 7 nitrogen and oxygen atoms in total. The Labute approximate surface area is 212 Å². The van der Waals surface area contributed by atoms with Gasteiger partial charge in [0.15, 0.2) is 11.5 Å². The van der Waals surface area contributed by atoms with E-state index < -0.39 is 5.97 Å². The average Bonchev–Trinajstić information content (AvgIpc) is 2.84. The zero-order chi connectivity index (χ0) is 25.2. The lowest BCUT2D eigenvalue weighted by molar-refractivity contribution is 0.0728. The van der Waals surface area contributed by atoms with Gasteiger partial charge in [0.25, 0.3) is 5.91 Å². The molecule has 0 aromatic heterocycles. The van der Waals surface area contributed by atoms with Gasteiger partial charge in [0.2, 0.25) is 0 Å². The smallest absolute Gasteiger partial charge is 0.345 e. The van der Waals surface area contributed by atoms with Crippen LogP contribution in [0.4, 0.5) is 0 Å². The van der Waals surface area contributed by atoms with Crippen molar-refractivity contribution in [1.29, 1.82) is 0 Å². The third kappa shape index (κ3) is 7.34. The molecule has 0 spiro atoms. The van der Waals surface area contributed by atoms with E-state index in [1.54, 1.807) is 61.5 Å². The summed E-state index contributed by atoms with van der Waals surface area (Å²) in [6.07, 6.45) is 3.09. The van der Waals surface area contributed by atoms with Crippen LogP contribution in [-0.2, 0) is 0 Å². The first kappa shape index (κ1) is 25.8. The van der Waals surface area contributed by atoms with Crippen molar-refractivity contribution >= 4 is 41.3 Å². The van der Waals surface area contributed by atoms with E-state index >= 15 is 0 Å². The molecule has 0 fully saturated rings. The van der Waals surface area contributed by atoms with Crippen molar-refractivity contribution in [2.75, 3.05) is 13.2 Å². The number of carbonyl (C=O) groups is 2. The second-order valence-corrected chi connectivity index (χ2v) is 7.82. The van der Waals surface area contributed by atoms with Crippen molar-refractivity contribution in [2.45, 2.75) is 6.92 Å². The quantitative estimate of drug-likeness (QED) is 0.119. The number of hydrogen-bond acceptors (Lipinski definition) is 6. The predicted octanol–water partition coefficient (Wildman–Crippen LogP) is 5.94. The Morgan fingerprint density at radius 2 is 1.77 bits per heavy atom. The summed E-state index contributed by atoms with van der Waals surface area (Å²) in [6, 6.07) is 16.0. The summed E-state index contributed by atoms with van der Waals surface area (Å²) in [5, 5.41) is 4.58. The highest BCUT2D eigenvalue weighted by molar-refractivity contribution is 6.36. The molecule has 0 aliphatic heterocycles. The Bertz CT molecular complexity index is 1240. The van der Waals surface area contributed by atoms with E-state index in [2.05, 4.69) is 17.1 Å². The fourth-order valence-electron chi connectivity index (χ4n) is 2.86. The molecule has 3 aromatic rings. The number of esters is 1. The summed E-state index contributed by atoms with van der Waals surface area (Å²) in [6.45, 7) is 6.11. The molecule has 0 unspecified atom stereocenters. The molecule has 1 N–H and O–H groups in total. The maximum absolute atomic E-state index is 12.6. The third-order valence-electron chi connectivity index (χ3n) is 4.49. The van der Waals surface area contributed by atoms with Crippen LogP contribution in [0, 0.1) is 0 Å². The number of halogens is 2. The van der Waals surface area contributed by atoms with Crippen molar-refractivity contribution < 1.29 is 23.8 Å². The molecule has 0 heterocycles. The average molecular weight is 513 g/mol. The number of amides is 1. The first-order valence-electron chi connectivity index (χ1n) is 10.5. The van der Waals surface area contributed by atoms with Crippen molar-refractivity contribution in [2.24, 2.45) is 5.10 Å². The molecule has 3 rings (SSSR count). The van der Waals surface area contributed by atoms with E-state index in [1.165, 1.54) is 18.3 Å². The first-order valence-corrected chi connectivity index (χ1v) is 11.3. The summed E-state index contributed by atoms with van der Waals surface area (Å²) in [4.78, 5) is 24.9. The number of nitrogens with one attached hydrogen (secondary N) is 1. The van der Waals surface area contributed by atoms with Gasteiger partial charge in [-0.25, -0.2) is 10.2 Å². The second kappa shape index (κ2) is 12.6. The highest BCUT2D eigenvalue weighted by atomic mass is 35.5. The van der Waals surface area contributed by atoms with Crippen LogP contribution >= 0.6 is 23.2 Å². The fraction of sp³-hybridized carbons (Fsp3) is 0.115. The minimum absolute atomic E-state index is 0.173. The van der Waals surface area contributed by atoms with Gasteiger partial charge in [0.05, 0.1) is 23.4 Å². The number of hydrogen-bond donors (Lipinski definition) is 1. The lowest BCUT2D eigenvalue weighted by Gasteiger charge is -2.12. The molecule has 0 aliphatic rings. The van der Waals surface area contributed by atoms with Gasteiger partial charge in [0, 0.05) is 10.6 Å². The normalized spacial score (nSPS) is 10.6. The van der Waals surface area contributed by atoms with Crippen molar-refractivity contribution in [1.82, 2.24) is 5.43 Å². The van der Waals surface area contributed by atoms with E-state index in [9.17, 15) is 9.59 Å². The Balaban J connectivity index is 1.67. The molecule has 0 atom stereocenters. The summed E-state index contributed by atoms with van der Waals surface area (Å²) in [5.41, 5.74) is 3.68. The Kier molecular flexibility index (Phi) is 9.29. The van der Waals surface area contributed by atoms with Crippen LogP contribution in [0.5, 0.6) is 17.2 Å². The van der Waals surface area contributed by atoms with Gasteiger partial charge in [-0.1, -0.05) is 35.9 Å². The lowest BCUT2D eigenvalue weighted by Crippen LogP contribution is -2.17. The monoisotopic (exact) mass is 512 g/mol. The van der Waals surface area contributed by atoms with E-state index in [0.29, 0.717) is 40.9 Å². The molecule has 0 radical (unpaired) electrons. The van der Waals surface area contributed by atoms with E-state index in [0.717, 1.165) is 0 Å². The standard InChI is InChI=1S/C26H22Cl2N2O5/c1-3-13-34-20-9-6-18(7-10-20)25(31)30-29-16-17-5-12-23(24(14-17)33-4-2)35-26(32)21-11-8-19(27)15-22(21)28/h3,5-12,14-16H,1,4,13H2,2H3,(H,30,31)/b29-16+.